The number of rotatable bonds is 1. The molecule has 12 heavy (non-hydrogen) atoms. The first-order chi connectivity index (χ1) is 5.66. The number of aliphatic carboxylic acids is 1. The molecule has 3 unspecified atom stereocenters. The summed E-state index contributed by atoms with van der Waals surface area (Å²) in [7, 11) is 0. The molecule has 3 atom stereocenters. The van der Waals surface area contributed by atoms with Gasteiger partial charge in [0.15, 0.2) is 0 Å². The number of carbonyl (C=O) groups excluding carboxylic acids is 1. The summed E-state index contributed by atoms with van der Waals surface area (Å²) >= 11 is 0. The molecule has 1 aliphatic carbocycles. The van der Waals surface area contributed by atoms with E-state index in [-0.39, 0.29) is 23.9 Å². The third-order valence-electron chi connectivity index (χ3n) is 2.63. The van der Waals surface area contributed by atoms with Gasteiger partial charge in [-0.05, 0) is 19.3 Å². The zero-order valence-corrected chi connectivity index (χ0v) is 6.53. The van der Waals surface area contributed by atoms with Crippen molar-refractivity contribution in [2.24, 2.45) is 11.8 Å². The van der Waals surface area contributed by atoms with Gasteiger partial charge in [0.05, 0.1) is 11.8 Å². The van der Waals surface area contributed by atoms with Crippen LogP contribution in [0.2, 0.25) is 0 Å². The summed E-state index contributed by atoms with van der Waals surface area (Å²) in [6, 6.07) is 0. The lowest BCUT2D eigenvalue weighted by Crippen LogP contribution is -2.26. The molecule has 0 aromatic carbocycles. The number of carboxylic acids is 1. The number of hydrogen-bond acceptors (Lipinski definition) is 3. The molecule has 2 bridgehead atoms. The SMILES string of the molecule is O=C(O)C1CC2CC(C1)C(=O)O2. The van der Waals surface area contributed by atoms with Crippen molar-refractivity contribution in [2.45, 2.75) is 25.4 Å². The van der Waals surface area contributed by atoms with Gasteiger partial charge < -0.3 is 9.84 Å². The second kappa shape index (κ2) is 2.47. The Labute approximate surface area is 69.5 Å². The fraction of sp³-hybridized carbons (Fsp3) is 0.750. The Morgan fingerprint density at radius 2 is 2.17 bits per heavy atom. The third-order valence-corrected chi connectivity index (χ3v) is 2.63. The number of fused-ring (bicyclic) bond motifs is 2. The van der Waals surface area contributed by atoms with Crippen LogP contribution in [0, 0.1) is 11.8 Å². The maximum atomic E-state index is 11.0. The van der Waals surface area contributed by atoms with E-state index in [2.05, 4.69) is 0 Å². The van der Waals surface area contributed by atoms with E-state index >= 15 is 0 Å². The molecule has 66 valence electrons. The zero-order valence-electron chi connectivity index (χ0n) is 6.53. The van der Waals surface area contributed by atoms with Crippen molar-refractivity contribution in [3.63, 3.8) is 0 Å². The van der Waals surface area contributed by atoms with Crippen LogP contribution in [0.4, 0.5) is 0 Å². The molecule has 2 aliphatic rings. The molecule has 2 rings (SSSR count). The average Bonchev–Trinajstić information content (AvgIpc) is 2.26. The molecular weight excluding hydrogens is 160 g/mol. The van der Waals surface area contributed by atoms with Gasteiger partial charge >= 0.3 is 11.9 Å². The minimum atomic E-state index is -0.803. The predicted molar refractivity (Wildman–Crippen MR) is 38.3 cm³/mol. The minimum Gasteiger partial charge on any atom is -0.481 e. The Hall–Kier alpha value is -1.06. The van der Waals surface area contributed by atoms with E-state index in [1.807, 2.05) is 0 Å². The number of esters is 1. The van der Waals surface area contributed by atoms with Crippen LogP contribution in [-0.4, -0.2) is 23.1 Å². The standard InChI is InChI=1S/C8H10O4/c9-7(10)4-1-5-3-6(2-4)12-8(5)11/h4-6H,1-3H2,(H,9,10). The average molecular weight is 170 g/mol. The van der Waals surface area contributed by atoms with Crippen LogP contribution in [0.3, 0.4) is 0 Å². The van der Waals surface area contributed by atoms with E-state index in [4.69, 9.17) is 9.84 Å². The zero-order chi connectivity index (χ0) is 8.72. The first-order valence-corrected chi connectivity index (χ1v) is 4.10. The highest BCUT2D eigenvalue weighted by molar-refractivity contribution is 5.78. The van der Waals surface area contributed by atoms with Gasteiger partial charge in [0.25, 0.3) is 0 Å². The maximum absolute atomic E-state index is 11.0. The number of ether oxygens (including phenoxy) is 1. The Morgan fingerprint density at radius 3 is 2.75 bits per heavy atom. The van der Waals surface area contributed by atoms with E-state index in [0.717, 1.165) is 6.42 Å². The second-order valence-corrected chi connectivity index (χ2v) is 3.50. The lowest BCUT2D eigenvalue weighted by atomic mass is 9.82. The van der Waals surface area contributed by atoms with E-state index < -0.39 is 5.97 Å². The summed E-state index contributed by atoms with van der Waals surface area (Å²) in [6.45, 7) is 0. The Bertz CT molecular complexity index is 235. The van der Waals surface area contributed by atoms with Crippen LogP contribution in [-0.2, 0) is 14.3 Å². The molecule has 0 amide bonds. The van der Waals surface area contributed by atoms with Crippen molar-refractivity contribution < 1.29 is 19.4 Å². The second-order valence-electron chi connectivity index (χ2n) is 3.50. The van der Waals surface area contributed by atoms with Gasteiger partial charge in [-0.15, -0.1) is 0 Å². The van der Waals surface area contributed by atoms with Crippen molar-refractivity contribution in [3.05, 3.63) is 0 Å². The lowest BCUT2D eigenvalue weighted by Gasteiger charge is -2.20. The van der Waals surface area contributed by atoms with Crippen molar-refractivity contribution in [1.82, 2.24) is 0 Å². The third kappa shape index (κ3) is 1.07. The molecule has 4 heteroatoms. The molecule has 0 radical (unpaired) electrons. The molecule has 0 aromatic rings. The highest BCUT2D eigenvalue weighted by atomic mass is 16.6. The Balaban J connectivity index is 2.10. The molecule has 0 spiro atoms. The summed E-state index contributed by atoms with van der Waals surface area (Å²) in [5, 5.41) is 8.72. The monoisotopic (exact) mass is 170 g/mol. The van der Waals surface area contributed by atoms with Crippen LogP contribution in [0.25, 0.3) is 0 Å². The van der Waals surface area contributed by atoms with Crippen molar-refractivity contribution in [3.8, 4) is 0 Å². The van der Waals surface area contributed by atoms with Gasteiger partial charge in [-0.3, -0.25) is 9.59 Å². The molecular formula is C8H10O4. The smallest absolute Gasteiger partial charge is 0.309 e. The largest absolute Gasteiger partial charge is 0.481 e. The fourth-order valence-electron chi connectivity index (χ4n) is 2.02. The normalized spacial score (nSPS) is 39.3. The first kappa shape index (κ1) is 7.58. The highest BCUT2D eigenvalue weighted by Crippen LogP contribution is 2.37. The fourth-order valence-corrected chi connectivity index (χ4v) is 2.02. The topological polar surface area (TPSA) is 63.6 Å². The van der Waals surface area contributed by atoms with E-state index in [9.17, 15) is 9.59 Å². The summed E-state index contributed by atoms with van der Waals surface area (Å²) in [4.78, 5) is 21.6. The molecule has 1 N–H and O–H groups in total. The molecule has 4 nitrogen and oxygen atoms in total. The van der Waals surface area contributed by atoms with E-state index in [1.54, 1.807) is 0 Å². The Morgan fingerprint density at radius 1 is 1.42 bits per heavy atom. The molecule has 0 aromatic heterocycles. The molecule has 1 saturated heterocycles. The van der Waals surface area contributed by atoms with Gasteiger partial charge in [0, 0.05) is 0 Å². The maximum Gasteiger partial charge on any atom is 0.309 e. The lowest BCUT2D eigenvalue weighted by molar-refractivity contribution is -0.144. The number of carbonyl (C=O) groups is 2. The van der Waals surface area contributed by atoms with Crippen LogP contribution < -0.4 is 0 Å². The van der Waals surface area contributed by atoms with Crippen LogP contribution >= 0.6 is 0 Å². The molecule has 1 heterocycles. The summed E-state index contributed by atoms with van der Waals surface area (Å²) in [6.07, 6.45) is 1.56. The van der Waals surface area contributed by atoms with Crippen LogP contribution in [0.1, 0.15) is 19.3 Å². The van der Waals surface area contributed by atoms with Gasteiger partial charge in [-0.2, -0.15) is 0 Å². The van der Waals surface area contributed by atoms with Crippen LogP contribution in [0.15, 0.2) is 0 Å². The van der Waals surface area contributed by atoms with Crippen molar-refractivity contribution in [1.29, 1.82) is 0 Å². The summed E-state index contributed by atoms with van der Waals surface area (Å²) in [5.74, 6) is -1.53. The van der Waals surface area contributed by atoms with Gasteiger partial charge in [-0.1, -0.05) is 0 Å². The first-order valence-electron chi connectivity index (χ1n) is 4.10. The van der Waals surface area contributed by atoms with Crippen molar-refractivity contribution >= 4 is 11.9 Å². The Kier molecular flexibility index (Phi) is 1.56. The van der Waals surface area contributed by atoms with Crippen LogP contribution in [0.5, 0.6) is 0 Å². The van der Waals surface area contributed by atoms with Gasteiger partial charge in [-0.25, -0.2) is 0 Å². The van der Waals surface area contributed by atoms with Gasteiger partial charge in [0.1, 0.15) is 6.10 Å². The molecule has 2 fully saturated rings. The quantitative estimate of drug-likeness (QED) is 0.579. The molecule has 1 saturated carbocycles. The minimum absolute atomic E-state index is 0.127. The number of carboxylic acid groups (broad SMARTS) is 1. The highest BCUT2D eigenvalue weighted by Gasteiger charge is 2.43. The number of hydrogen-bond donors (Lipinski definition) is 1. The predicted octanol–water partition coefficient (Wildman–Crippen LogP) is 0.413. The van der Waals surface area contributed by atoms with Gasteiger partial charge in [0.2, 0.25) is 0 Å². The molecule has 1 aliphatic heterocycles. The van der Waals surface area contributed by atoms with Crippen molar-refractivity contribution in [2.75, 3.05) is 0 Å². The summed E-state index contributed by atoms with van der Waals surface area (Å²) in [5.41, 5.74) is 0. The van der Waals surface area contributed by atoms with E-state index in [0.29, 0.717) is 12.8 Å². The van der Waals surface area contributed by atoms with E-state index in [1.165, 1.54) is 0 Å². The summed E-state index contributed by atoms with van der Waals surface area (Å²) < 4.78 is 4.96.